The van der Waals surface area contributed by atoms with E-state index in [0.29, 0.717) is 0 Å². The van der Waals surface area contributed by atoms with Crippen molar-refractivity contribution in [3.05, 3.63) is 35.9 Å². The van der Waals surface area contributed by atoms with Crippen molar-refractivity contribution < 1.29 is 0 Å². The summed E-state index contributed by atoms with van der Waals surface area (Å²) in [7, 11) is 0. The van der Waals surface area contributed by atoms with Gasteiger partial charge in [0.2, 0.25) is 0 Å². The van der Waals surface area contributed by atoms with Crippen LogP contribution in [-0.2, 0) is 6.54 Å². The zero-order valence-electron chi connectivity index (χ0n) is 12.6. The average molecular weight is 272 g/mol. The van der Waals surface area contributed by atoms with E-state index >= 15 is 0 Å². The van der Waals surface area contributed by atoms with Gasteiger partial charge in [0.1, 0.15) is 0 Å². The van der Waals surface area contributed by atoms with Crippen molar-refractivity contribution in [2.24, 2.45) is 5.92 Å². The summed E-state index contributed by atoms with van der Waals surface area (Å²) in [4.78, 5) is 2.76. The van der Waals surface area contributed by atoms with Gasteiger partial charge in [0.25, 0.3) is 0 Å². The number of hydrogen-bond acceptors (Lipinski definition) is 2. The molecule has 1 heterocycles. The second kappa shape index (κ2) is 7.24. The van der Waals surface area contributed by atoms with Crippen LogP contribution < -0.4 is 5.32 Å². The highest BCUT2D eigenvalue weighted by atomic mass is 15.2. The van der Waals surface area contributed by atoms with Gasteiger partial charge in [-0.05, 0) is 43.7 Å². The van der Waals surface area contributed by atoms with E-state index in [2.05, 4.69) is 40.5 Å². The number of nitrogens with one attached hydrogen (secondary N) is 1. The maximum Gasteiger partial charge on any atom is 0.0206 e. The Bertz CT molecular complexity index is 384. The summed E-state index contributed by atoms with van der Waals surface area (Å²) in [6.07, 6.45) is 8.78. The van der Waals surface area contributed by atoms with Gasteiger partial charge < -0.3 is 5.32 Å². The fraction of sp³-hybridized carbons (Fsp3) is 0.667. The molecule has 1 saturated heterocycles. The van der Waals surface area contributed by atoms with Gasteiger partial charge in [-0.2, -0.15) is 0 Å². The summed E-state index contributed by atoms with van der Waals surface area (Å²) in [5.74, 6) is 1.01. The third-order valence-electron chi connectivity index (χ3n) is 5.11. The molecule has 1 aromatic carbocycles. The standard InChI is InChI=1S/C18H28N2/c1-2-7-16(8-3-1)15-19-12-14-20-13-6-11-18(20)17-9-4-5-10-17/h1-3,7-8,17-19H,4-6,9-15H2. The smallest absolute Gasteiger partial charge is 0.0206 e. The number of likely N-dealkylation sites (tertiary alicyclic amines) is 1. The van der Waals surface area contributed by atoms with E-state index < -0.39 is 0 Å². The van der Waals surface area contributed by atoms with Crippen LogP contribution in [0.4, 0.5) is 0 Å². The molecule has 3 rings (SSSR count). The highest BCUT2D eigenvalue weighted by Gasteiger charge is 2.32. The van der Waals surface area contributed by atoms with E-state index in [1.165, 1.54) is 57.2 Å². The zero-order chi connectivity index (χ0) is 13.6. The van der Waals surface area contributed by atoms with E-state index in [-0.39, 0.29) is 0 Å². The summed E-state index contributed by atoms with van der Waals surface area (Å²) in [6.45, 7) is 4.68. The third kappa shape index (κ3) is 3.62. The van der Waals surface area contributed by atoms with Gasteiger partial charge in [-0.3, -0.25) is 4.90 Å². The van der Waals surface area contributed by atoms with Crippen LogP contribution >= 0.6 is 0 Å². The Morgan fingerprint density at radius 1 is 1.00 bits per heavy atom. The van der Waals surface area contributed by atoms with Crippen LogP contribution in [0, 0.1) is 5.92 Å². The summed E-state index contributed by atoms with van der Waals surface area (Å²) in [6, 6.07) is 11.6. The SMILES string of the molecule is c1ccc(CNCCN2CCCC2C2CCCC2)cc1. The molecule has 1 aliphatic carbocycles. The fourth-order valence-corrected chi connectivity index (χ4v) is 4.06. The molecule has 0 bridgehead atoms. The van der Waals surface area contributed by atoms with Gasteiger partial charge in [-0.15, -0.1) is 0 Å². The minimum absolute atomic E-state index is 0.899. The van der Waals surface area contributed by atoms with Gasteiger partial charge in [0, 0.05) is 25.7 Å². The predicted molar refractivity (Wildman–Crippen MR) is 84.7 cm³/mol. The lowest BCUT2D eigenvalue weighted by atomic mass is 9.96. The first kappa shape index (κ1) is 14.1. The van der Waals surface area contributed by atoms with Crippen molar-refractivity contribution in [1.29, 1.82) is 0 Å². The summed E-state index contributed by atoms with van der Waals surface area (Å²) in [5.41, 5.74) is 1.39. The zero-order valence-corrected chi connectivity index (χ0v) is 12.6. The minimum Gasteiger partial charge on any atom is -0.311 e. The first-order valence-electron chi connectivity index (χ1n) is 8.42. The number of rotatable bonds is 6. The average Bonchev–Trinajstić information content (AvgIpc) is 3.15. The highest BCUT2D eigenvalue weighted by Crippen LogP contribution is 2.35. The van der Waals surface area contributed by atoms with Crippen molar-refractivity contribution >= 4 is 0 Å². The Labute approximate surface area is 123 Å². The Morgan fingerprint density at radius 2 is 1.80 bits per heavy atom. The molecule has 0 radical (unpaired) electrons. The molecule has 2 fully saturated rings. The van der Waals surface area contributed by atoms with Gasteiger partial charge in [-0.25, -0.2) is 0 Å². The Kier molecular flexibility index (Phi) is 5.10. The van der Waals surface area contributed by atoms with E-state index in [1.807, 2.05) is 0 Å². The van der Waals surface area contributed by atoms with Crippen LogP contribution in [-0.4, -0.2) is 30.6 Å². The van der Waals surface area contributed by atoms with Crippen LogP contribution in [0.25, 0.3) is 0 Å². The maximum absolute atomic E-state index is 3.60. The first-order chi connectivity index (χ1) is 9.93. The van der Waals surface area contributed by atoms with Crippen molar-refractivity contribution in [3.8, 4) is 0 Å². The minimum atomic E-state index is 0.899. The molecule has 2 aliphatic rings. The van der Waals surface area contributed by atoms with Gasteiger partial charge in [-0.1, -0.05) is 43.2 Å². The summed E-state index contributed by atoms with van der Waals surface area (Å²) in [5, 5.41) is 3.60. The van der Waals surface area contributed by atoms with Crippen LogP contribution in [0.5, 0.6) is 0 Å². The van der Waals surface area contributed by atoms with Crippen LogP contribution in [0.3, 0.4) is 0 Å². The topological polar surface area (TPSA) is 15.3 Å². The lowest BCUT2D eigenvalue weighted by Crippen LogP contribution is -2.39. The molecule has 2 nitrogen and oxygen atoms in total. The largest absolute Gasteiger partial charge is 0.311 e. The maximum atomic E-state index is 3.60. The fourth-order valence-electron chi connectivity index (χ4n) is 4.06. The second-order valence-electron chi connectivity index (χ2n) is 6.45. The van der Waals surface area contributed by atoms with Crippen molar-refractivity contribution in [2.45, 2.75) is 51.1 Å². The Morgan fingerprint density at radius 3 is 2.60 bits per heavy atom. The molecule has 20 heavy (non-hydrogen) atoms. The molecule has 1 aromatic rings. The number of hydrogen-bond donors (Lipinski definition) is 1. The van der Waals surface area contributed by atoms with E-state index in [0.717, 1.165) is 25.0 Å². The molecular weight excluding hydrogens is 244 g/mol. The quantitative estimate of drug-likeness (QED) is 0.798. The molecule has 0 aromatic heterocycles. The molecule has 0 spiro atoms. The van der Waals surface area contributed by atoms with Gasteiger partial charge in [0.05, 0.1) is 0 Å². The first-order valence-corrected chi connectivity index (χ1v) is 8.42. The molecule has 1 atom stereocenters. The highest BCUT2D eigenvalue weighted by molar-refractivity contribution is 5.14. The Balaban J connectivity index is 1.39. The molecule has 110 valence electrons. The molecule has 0 amide bonds. The molecule has 2 heteroatoms. The lowest BCUT2D eigenvalue weighted by molar-refractivity contribution is 0.191. The predicted octanol–water partition coefficient (Wildman–Crippen LogP) is 3.43. The van der Waals surface area contributed by atoms with E-state index in [4.69, 9.17) is 0 Å². The van der Waals surface area contributed by atoms with E-state index in [1.54, 1.807) is 0 Å². The second-order valence-corrected chi connectivity index (χ2v) is 6.45. The molecule has 1 unspecified atom stereocenters. The van der Waals surface area contributed by atoms with Crippen LogP contribution in [0.2, 0.25) is 0 Å². The van der Waals surface area contributed by atoms with Crippen LogP contribution in [0.1, 0.15) is 44.1 Å². The molecule has 1 aliphatic heterocycles. The summed E-state index contributed by atoms with van der Waals surface area (Å²) >= 11 is 0. The van der Waals surface area contributed by atoms with Crippen molar-refractivity contribution in [3.63, 3.8) is 0 Å². The van der Waals surface area contributed by atoms with E-state index in [9.17, 15) is 0 Å². The Hall–Kier alpha value is -0.860. The van der Waals surface area contributed by atoms with Crippen molar-refractivity contribution in [1.82, 2.24) is 10.2 Å². The molecule has 1 saturated carbocycles. The lowest BCUT2D eigenvalue weighted by Gasteiger charge is -2.29. The number of benzene rings is 1. The normalized spacial score (nSPS) is 24.5. The van der Waals surface area contributed by atoms with Gasteiger partial charge in [0.15, 0.2) is 0 Å². The third-order valence-corrected chi connectivity index (χ3v) is 5.11. The van der Waals surface area contributed by atoms with Gasteiger partial charge >= 0.3 is 0 Å². The van der Waals surface area contributed by atoms with Crippen LogP contribution in [0.15, 0.2) is 30.3 Å². The molecular formula is C18H28N2. The summed E-state index contributed by atoms with van der Waals surface area (Å²) < 4.78 is 0. The van der Waals surface area contributed by atoms with Crippen molar-refractivity contribution in [2.75, 3.05) is 19.6 Å². The monoisotopic (exact) mass is 272 g/mol. The number of nitrogens with zero attached hydrogens (tertiary/aromatic N) is 1. The molecule has 1 N–H and O–H groups in total.